The summed E-state index contributed by atoms with van der Waals surface area (Å²) in [7, 11) is -3.64. The first-order chi connectivity index (χ1) is 13.9. The van der Waals surface area contributed by atoms with Crippen molar-refractivity contribution in [2.45, 2.75) is 24.7 Å². The van der Waals surface area contributed by atoms with Crippen molar-refractivity contribution in [3.8, 4) is 0 Å². The Kier molecular flexibility index (Phi) is 6.67. The SMILES string of the molecule is Cc1ccc(CCCNC(=O)c2ccc(NS(=O)(=O)c3ccccc3)cc2)cc1. The van der Waals surface area contributed by atoms with Gasteiger partial charge in [-0.15, -0.1) is 0 Å². The largest absolute Gasteiger partial charge is 0.352 e. The van der Waals surface area contributed by atoms with Gasteiger partial charge in [-0.05, 0) is 61.7 Å². The summed E-state index contributed by atoms with van der Waals surface area (Å²) in [6, 6.07) is 22.9. The van der Waals surface area contributed by atoms with Crippen LogP contribution < -0.4 is 10.0 Å². The van der Waals surface area contributed by atoms with Crippen molar-refractivity contribution in [1.82, 2.24) is 5.32 Å². The normalized spacial score (nSPS) is 11.1. The molecular weight excluding hydrogens is 384 g/mol. The van der Waals surface area contributed by atoms with Gasteiger partial charge in [0, 0.05) is 17.8 Å². The summed E-state index contributed by atoms with van der Waals surface area (Å²) in [4.78, 5) is 12.5. The van der Waals surface area contributed by atoms with Crippen LogP contribution >= 0.6 is 0 Å². The van der Waals surface area contributed by atoms with Crippen LogP contribution in [-0.4, -0.2) is 20.9 Å². The second-order valence-corrected chi connectivity index (χ2v) is 8.52. The highest BCUT2D eigenvalue weighted by Crippen LogP contribution is 2.16. The minimum atomic E-state index is -3.64. The molecule has 0 fully saturated rings. The van der Waals surface area contributed by atoms with E-state index < -0.39 is 10.0 Å². The van der Waals surface area contributed by atoms with Crippen molar-refractivity contribution in [1.29, 1.82) is 0 Å². The van der Waals surface area contributed by atoms with Gasteiger partial charge in [-0.1, -0.05) is 48.0 Å². The monoisotopic (exact) mass is 408 g/mol. The molecule has 6 heteroatoms. The van der Waals surface area contributed by atoms with Crippen LogP contribution in [0.4, 0.5) is 5.69 Å². The molecular formula is C23H24N2O3S. The van der Waals surface area contributed by atoms with E-state index >= 15 is 0 Å². The Balaban J connectivity index is 1.50. The quantitative estimate of drug-likeness (QED) is 0.550. The molecule has 2 N–H and O–H groups in total. The molecule has 1 amide bonds. The molecule has 3 aromatic carbocycles. The standard InChI is InChI=1S/C23H24N2O3S/c1-18-9-11-19(12-10-18)6-5-17-24-23(26)20-13-15-21(16-14-20)25-29(27,28)22-7-3-2-4-8-22/h2-4,7-16,25H,5-6,17H2,1H3,(H,24,26). The zero-order valence-electron chi connectivity index (χ0n) is 16.3. The number of anilines is 1. The summed E-state index contributed by atoms with van der Waals surface area (Å²) < 4.78 is 27.2. The Labute approximate surface area is 171 Å². The van der Waals surface area contributed by atoms with E-state index in [9.17, 15) is 13.2 Å². The van der Waals surface area contributed by atoms with Gasteiger partial charge in [-0.25, -0.2) is 8.42 Å². The van der Waals surface area contributed by atoms with Crippen LogP contribution in [0.15, 0.2) is 83.8 Å². The molecule has 150 valence electrons. The van der Waals surface area contributed by atoms with Gasteiger partial charge < -0.3 is 5.32 Å². The van der Waals surface area contributed by atoms with Gasteiger partial charge in [0.2, 0.25) is 0 Å². The van der Waals surface area contributed by atoms with Gasteiger partial charge in [-0.2, -0.15) is 0 Å². The van der Waals surface area contributed by atoms with Crippen molar-refractivity contribution >= 4 is 21.6 Å². The van der Waals surface area contributed by atoms with Gasteiger partial charge in [0.25, 0.3) is 15.9 Å². The first kappa shape index (κ1) is 20.6. The molecule has 5 nitrogen and oxygen atoms in total. The molecule has 0 radical (unpaired) electrons. The van der Waals surface area contributed by atoms with Crippen molar-refractivity contribution in [2.75, 3.05) is 11.3 Å². The molecule has 0 saturated carbocycles. The number of hydrogen-bond acceptors (Lipinski definition) is 3. The summed E-state index contributed by atoms with van der Waals surface area (Å²) >= 11 is 0. The molecule has 0 aliphatic rings. The molecule has 0 heterocycles. The molecule has 29 heavy (non-hydrogen) atoms. The highest BCUT2D eigenvalue weighted by atomic mass is 32.2. The Morgan fingerprint density at radius 1 is 0.862 bits per heavy atom. The Hall–Kier alpha value is -3.12. The van der Waals surface area contributed by atoms with Crippen molar-refractivity contribution in [3.63, 3.8) is 0 Å². The number of sulfonamides is 1. The number of benzene rings is 3. The number of amides is 1. The van der Waals surface area contributed by atoms with E-state index in [4.69, 9.17) is 0 Å². The third kappa shape index (κ3) is 5.93. The summed E-state index contributed by atoms with van der Waals surface area (Å²) in [6.45, 7) is 2.64. The average Bonchev–Trinajstić information content (AvgIpc) is 2.73. The maximum Gasteiger partial charge on any atom is 0.261 e. The van der Waals surface area contributed by atoms with Crippen LogP contribution in [0.2, 0.25) is 0 Å². The van der Waals surface area contributed by atoms with Gasteiger partial charge in [0.15, 0.2) is 0 Å². The number of aryl methyl sites for hydroxylation is 2. The predicted octanol–water partition coefficient (Wildman–Crippen LogP) is 4.16. The molecule has 0 bridgehead atoms. The van der Waals surface area contributed by atoms with E-state index in [0.29, 0.717) is 17.8 Å². The fraction of sp³-hybridized carbons (Fsp3) is 0.174. The number of rotatable bonds is 8. The van der Waals surface area contributed by atoms with Crippen LogP contribution in [0.5, 0.6) is 0 Å². The summed E-state index contributed by atoms with van der Waals surface area (Å²) in [6.07, 6.45) is 1.75. The minimum absolute atomic E-state index is 0.175. The molecule has 0 spiro atoms. The van der Waals surface area contributed by atoms with Crippen LogP contribution in [0.1, 0.15) is 27.9 Å². The maximum absolute atomic E-state index is 12.3. The first-order valence-corrected chi connectivity index (χ1v) is 10.9. The van der Waals surface area contributed by atoms with Gasteiger partial charge in [0.1, 0.15) is 0 Å². The molecule has 0 aromatic heterocycles. The number of nitrogens with one attached hydrogen (secondary N) is 2. The van der Waals surface area contributed by atoms with E-state index in [-0.39, 0.29) is 10.8 Å². The fourth-order valence-corrected chi connectivity index (χ4v) is 3.93. The van der Waals surface area contributed by atoms with E-state index in [1.54, 1.807) is 42.5 Å². The topological polar surface area (TPSA) is 75.3 Å². The predicted molar refractivity (Wildman–Crippen MR) is 116 cm³/mol. The Bertz CT molecular complexity index is 1050. The lowest BCUT2D eigenvalue weighted by atomic mass is 10.1. The number of carbonyl (C=O) groups is 1. The summed E-state index contributed by atoms with van der Waals surface area (Å²) in [5.74, 6) is -0.175. The van der Waals surface area contributed by atoms with Crippen molar-refractivity contribution < 1.29 is 13.2 Å². The minimum Gasteiger partial charge on any atom is -0.352 e. The highest BCUT2D eigenvalue weighted by Gasteiger charge is 2.13. The lowest BCUT2D eigenvalue weighted by Crippen LogP contribution is -2.24. The molecule has 3 aromatic rings. The molecule has 3 rings (SSSR count). The van der Waals surface area contributed by atoms with E-state index in [2.05, 4.69) is 41.2 Å². The van der Waals surface area contributed by atoms with E-state index in [0.717, 1.165) is 12.8 Å². The average molecular weight is 409 g/mol. The second-order valence-electron chi connectivity index (χ2n) is 6.84. The van der Waals surface area contributed by atoms with E-state index in [1.165, 1.54) is 23.3 Å². The zero-order chi connectivity index (χ0) is 20.7. The third-order valence-corrected chi connectivity index (χ3v) is 5.90. The highest BCUT2D eigenvalue weighted by molar-refractivity contribution is 7.92. The van der Waals surface area contributed by atoms with Crippen LogP contribution in [-0.2, 0) is 16.4 Å². The number of carbonyl (C=O) groups excluding carboxylic acids is 1. The number of hydrogen-bond donors (Lipinski definition) is 2. The Morgan fingerprint density at radius 3 is 2.17 bits per heavy atom. The fourth-order valence-electron chi connectivity index (χ4n) is 2.85. The smallest absolute Gasteiger partial charge is 0.261 e. The third-order valence-electron chi connectivity index (χ3n) is 4.50. The van der Waals surface area contributed by atoms with E-state index in [1.807, 2.05) is 0 Å². The van der Waals surface area contributed by atoms with Gasteiger partial charge in [0.05, 0.1) is 4.90 Å². The molecule has 0 aliphatic heterocycles. The summed E-state index contributed by atoms with van der Waals surface area (Å²) in [5.41, 5.74) is 3.38. The van der Waals surface area contributed by atoms with Crippen molar-refractivity contribution in [3.05, 3.63) is 95.6 Å². The maximum atomic E-state index is 12.3. The zero-order valence-corrected chi connectivity index (χ0v) is 17.1. The van der Waals surface area contributed by atoms with Crippen LogP contribution in [0, 0.1) is 6.92 Å². The second kappa shape index (κ2) is 9.39. The van der Waals surface area contributed by atoms with Crippen LogP contribution in [0.3, 0.4) is 0 Å². The molecule has 0 aliphatic carbocycles. The summed E-state index contributed by atoms with van der Waals surface area (Å²) in [5, 5.41) is 2.90. The molecule has 0 atom stereocenters. The lowest BCUT2D eigenvalue weighted by Gasteiger charge is -2.09. The van der Waals surface area contributed by atoms with Crippen LogP contribution in [0.25, 0.3) is 0 Å². The molecule has 0 unspecified atom stereocenters. The lowest BCUT2D eigenvalue weighted by molar-refractivity contribution is 0.0953. The van der Waals surface area contributed by atoms with Gasteiger partial charge >= 0.3 is 0 Å². The first-order valence-electron chi connectivity index (χ1n) is 9.46. The molecule has 0 saturated heterocycles. The van der Waals surface area contributed by atoms with Gasteiger partial charge in [-0.3, -0.25) is 9.52 Å². The van der Waals surface area contributed by atoms with Crippen molar-refractivity contribution in [2.24, 2.45) is 0 Å². The Morgan fingerprint density at radius 2 is 1.52 bits per heavy atom.